The van der Waals surface area contributed by atoms with E-state index in [4.69, 9.17) is 0 Å². The maximum Gasteiger partial charge on any atom is 0.152 e. The number of hydrogen-bond donors (Lipinski definition) is 0. The maximum absolute atomic E-state index is 12.9. The molecular formula is C11H12FNOS. The van der Waals surface area contributed by atoms with E-state index in [0.717, 1.165) is 0 Å². The Morgan fingerprint density at radius 3 is 2.53 bits per heavy atom. The van der Waals surface area contributed by atoms with Gasteiger partial charge in [0.25, 0.3) is 0 Å². The fourth-order valence-corrected chi connectivity index (χ4v) is 1.30. The SMILES string of the molecule is CS(C)(C)C#Cc1ccc(F)c(N=O)c1. The van der Waals surface area contributed by atoms with E-state index in [1.165, 1.54) is 12.1 Å². The predicted molar refractivity (Wildman–Crippen MR) is 64.1 cm³/mol. The molecule has 1 aromatic rings. The van der Waals surface area contributed by atoms with Gasteiger partial charge in [-0.25, -0.2) is 4.39 Å². The van der Waals surface area contributed by atoms with Crippen molar-refractivity contribution in [2.24, 2.45) is 5.18 Å². The molecule has 0 spiro atoms. The van der Waals surface area contributed by atoms with Gasteiger partial charge >= 0.3 is 0 Å². The van der Waals surface area contributed by atoms with Crippen LogP contribution in [-0.4, -0.2) is 18.8 Å². The summed E-state index contributed by atoms with van der Waals surface area (Å²) < 4.78 is 12.9. The molecule has 0 atom stereocenters. The second-order valence-electron chi connectivity index (χ2n) is 3.82. The lowest BCUT2D eigenvalue weighted by Crippen LogP contribution is -1.85. The molecule has 0 aliphatic heterocycles. The Morgan fingerprint density at radius 2 is 2.00 bits per heavy atom. The molecule has 1 aromatic carbocycles. The van der Waals surface area contributed by atoms with E-state index >= 15 is 0 Å². The van der Waals surface area contributed by atoms with Crippen molar-refractivity contribution in [3.8, 4) is 11.2 Å². The average molecular weight is 225 g/mol. The molecule has 0 bridgehead atoms. The highest BCUT2D eigenvalue weighted by molar-refractivity contribution is 8.35. The molecule has 0 fully saturated rings. The lowest BCUT2D eigenvalue weighted by atomic mass is 10.2. The largest absolute Gasteiger partial charge is 0.204 e. The summed E-state index contributed by atoms with van der Waals surface area (Å²) in [6, 6.07) is 4.11. The number of nitrogens with zero attached hydrogens (tertiary/aromatic N) is 1. The summed E-state index contributed by atoms with van der Waals surface area (Å²) in [5.74, 6) is 2.30. The molecule has 0 aliphatic rings. The van der Waals surface area contributed by atoms with Gasteiger partial charge in [-0.1, -0.05) is 5.92 Å². The molecule has 0 aliphatic carbocycles. The van der Waals surface area contributed by atoms with Crippen molar-refractivity contribution in [3.05, 3.63) is 34.5 Å². The third kappa shape index (κ3) is 3.72. The highest BCUT2D eigenvalue weighted by atomic mass is 32.3. The van der Waals surface area contributed by atoms with Crippen LogP contribution in [0.3, 0.4) is 0 Å². The third-order valence-corrected chi connectivity index (χ3v) is 2.26. The summed E-state index contributed by atoms with van der Waals surface area (Å²) >= 11 is 0. The third-order valence-electron chi connectivity index (χ3n) is 1.55. The van der Waals surface area contributed by atoms with Gasteiger partial charge < -0.3 is 0 Å². The van der Waals surface area contributed by atoms with E-state index in [-0.39, 0.29) is 5.69 Å². The Balaban J connectivity index is 3.06. The monoisotopic (exact) mass is 225 g/mol. The Hall–Kier alpha value is -1.34. The molecule has 80 valence electrons. The van der Waals surface area contributed by atoms with Gasteiger partial charge in [0.1, 0.15) is 5.69 Å². The number of benzene rings is 1. The Morgan fingerprint density at radius 1 is 1.33 bits per heavy atom. The first-order valence-corrected chi connectivity index (χ1v) is 7.12. The van der Waals surface area contributed by atoms with E-state index in [1.807, 2.05) is 0 Å². The minimum Gasteiger partial charge on any atom is -0.204 e. The molecule has 4 heteroatoms. The van der Waals surface area contributed by atoms with E-state index < -0.39 is 15.8 Å². The highest BCUT2D eigenvalue weighted by Crippen LogP contribution is 2.32. The van der Waals surface area contributed by atoms with Crippen molar-refractivity contribution in [1.29, 1.82) is 0 Å². The van der Waals surface area contributed by atoms with Crippen LogP contribution >= 0.6 is 10.0 Å². The van der Waals surface area contributed by atoms with E-state index in [0.29, 0.717) is 5.56 Å². The molecule has 0 radical (unpaired) electrons. The van der Waals surface area contributed by atoms with Crippen molar-refractivity contribution in [2.45, 2.75) is 0 Å². The van der Waals surface area contributed by atoms with Crippen molar-refractivity contribution >= 4 is 15.7 Å². The minimum absolute atomic E-state index is 0.189. The summed E-state index contributed by atoms with van der Waals surface area (Å²) in [7, 11) is -0.916. The maximum atomic E-state index is 12.9. The van der Waals surface area contributed by atoms with Gasteiger partial charge in [-0.3, -0.25) is 0 Å². The second kappa shape index (κ2) is 4.45. The summed E-state index contributed by atoms with van der Waals surface area (Å²) in [5, 5.41) is 5.67. The zero-order chi connectivity index (χ0) is 11.5. The van der Waals surface area contributed by atoms with Crippen molar-refractivity contribution in [1.82, 2.24) is 0 Å². The Bertz CT molecular complexity index is 440. The molecule has 0 saturated heterocycles. The molecule has 2 nitrogen and oxygen atoms in total. The Labute approximate surface area is 90.2 Å². The smallest absolute Gasteiger partial charge is 0.152 e. The van der Waals surface area contributed by atoms with Gasteiger partial charge in [0.05, 0.1) is 0 Å². The highest BCUT2D eigenvalue weighted by Gasteiger charge is 2.02. The lowest BCUT2D eigenvalue weighted by Gasteiger charge is -2.14. The van der Waals surface area contributed by atoms with Crippen LogP contribution < -0.4 is 0 Å². The van der Waals surface area contributed by atoms with Crippen LogP contribution in [-0.2, 0) is 0 Å². The number of rotatable bonds is 1. The van der Waals surface area contributed by atoms with Crippen molar-refractivity contribution < 1.29 is 4.39 Å². The Kier molecular flexibility index (Phi) is 3.48. The van der Waals surface area contributed by atoms with Crippen LogP contribution in [0.25, 0.3) is 0 Å². The van der Waals surface area contributed by atoms with E-state index in [1.54, 1.807) is 6.07 Å². The van der Waals surface area contributed by atoms with Crippen molar-refractivity contribution in [3.63, 3.8) is 0 Å². The molecule has 0 amide bonds. The predicted octanol–water partition coefficient (Wildman–Crippen LogP) is 3.23. The summed E-state index contributed by atoms with van der Waals surface area (Å²) in [6.07, 6.45) is 6.17. The topological polar surface area (TPSA) is 29.4 Å². The van der Waals surface area contributed by atoms with Crippen LogP contribution in [0, 0.1) is 21.9 Å². The van der Waals surface area contributed by atoms with Gasteiger partial charge in [0.2, 0.25) is 0 Å². The second-order valence-corrected chi connectivity index (χ2v) is 7.70. The van der Waals surface area contributed by atoms with Crippen LogP contribution in [0.5, 0.6) is 0 Å². The van der Waals surface area contributed by atoms with Crippen LogP contribution in [0.4, 0.5) is 10.1 Å². The minimum atomic E-state index is -0.916. The first-order chi connectivity index (χ1) is 6.92. The number of hydrogen-bond acceptors (Lipinski definition) is 2. The van der Waals surface area contributed by atoms with Crippen LogP contribution in [0.15, 0.2) is 23.4 Å². The molecule has 15 heavy (non-hydrogen) atoms. The van der Waals surface area contributed by atoms with Crippen LogP contribution in [0.2, 0.25) is 0 Å². The lowest BCUT2D eigenvalue weighted by molar-refractivity contribution is 0.629. The fraction of sp³-hybridized carbons (Fsp3) is 0.273. The number of nitroso groups, excluding NO2 is 1. The van der Waals surface area contributed by atoms with E-state index in [9.17, 15) is 9.30 Å². The number of halogens is 1. The van der Waals surface area contributed by atoms with Gasteiger partial charge in [-0.05, 0) is 47.4 Å². The van der Waals surface area contributed by atoms with Gasteiger partial charge in [0.15, 0.2) is 5.82 Å². The van der Waals surface area contributed by atoms with Crippen molar-refractivity contribution in [2.75, 3.05) is 18.8 Å². The van der Waals surface area contributed by atoms with Gasteiger partial charge in [-0.2, -0.15) is 10.0 Å². The fourth-order valence-electron chi connectivity index (χ4n) is 0.872. The molecule has 0 unspecified atom stereocenters. The van der Waals surface area contributed by atoms with Crippen LogP contribution in [0.1, 0.15) is 5.56 Å². The quantitative estimate of drug-likeness (QED) is 0.533. The summed E-state index contributed by atoms with van der Waals surface area (Å²) in [6.45, 7) is 0. The molecule has 0 aromatic heterocycles. The zero-order valence-electron chi connectivity index (χ0n) is 8.87. The summed E-state index contributed by atoms with van der Waals surface area (Å²) in [5.41, 5.74) is 0.430. The first kappa shape index (κ1) is 11.7. The first-order valence-electron chi connectivity index (χ1n) is 4.26. The molecule has 1 rings (SSSR count). The molecule has 0 saturated carbocycles. The zero-order valence-corrected chi connectivity index (χ0v) is 9.69. The average Bonchev–Trinajstić information content (AvgIpc) is 2.15. The summed E-state index contributed by atoms with van der Waals surface area (Å²) in [4.78, 5) is 10.2. The molecule has 0 N–H and O–H groups in total. The standard InChI is InChI=1S/C11H12FNOS/c1-15(2,3)7-6-9-4-5-10(12)11(8-9)13-14/h4-5,8H,1-3H3. The molecular weight excluding hydrogens is 213 g/mol. The normalized spacial score (nSPS) is 11.5. The van der Waals surface area contributed by atoms with Gasteiger partial charge in [-0.15, -0.1) is 4.91 Å². The van der Waals surface area contributed by atoms with Gasteiger partial charge in [0, 0.05) is 5.56 Å². The van der Waals surface area contributed by atoms with E-state index in [2.05, 4.69) is 35.1 Å². The molecule has 0 heterocycles.